The third-order valence-corrected chi connectivity index (χ3v) is 6.97. The van der Waals surface area contributed by atoms with Crippen molar-refractivity contribution in [2.45, 2.75) is 52.0 Å². The van der Waals surface area contributed by atoms with Crippen LogP contribution >= 0.6 is 23.6 Å². The van der Waals surface area contributed by atoms with Crippen molar-refractivity contribution in [3.8, 4) is 0 Å². The van der Waals surface area contributed by atoms with Crippen LogP contribution in [-0.4, -0.2) is 27.5 Å². The molecule has 0 atom stereocenters. The van der Waals surface area contributed by atoms with Gasteiger partial charge in [-0.05, 0) is 56.5 Å². The molecule has 174 valence electrons. The van der Waals surface area contributed by atoms with Crippen LogP contribution in [-0.2, 0) is 24.1 Å². The fourth-order valence-electron chi connectivity index (χ4n) is 4.01. The monoisotopic (exact) mass is 486 g/mol. The number of ether oxygens (including phenoxy) is 1. The van der Waals surface area contributed by atoms with Gasteiger partial charge in [0.05, 0.1) is 30.6 Å². The molecule has 0 fully saturated rings. The minimum Gasteiger partial charge on any atom is -0.462 e. The van der Waals surface area contributed by atoms with Gasteiger partial charge in [0.2, 0.25) is 0 Å². The van der Waals surface area contributed by atoms with Crippen LogP contribution in [0.25, 0.3) is 0 Å². The molecule has 0 bridgehead atoms. The zero-order valence-corrected chi connectivity index (χ0v) is 20.2. The van der Waals surface area contributed by atoms with Crippen LogP contribution in [0, 0.1) is 5.82 Å². The Bertz CT molecular complexity index is 1140. The molecule has 0 amide bonds. The molecule has 0 spiro atoms. The van der Waals surface area contributed by atoms with E-state index in [1.165, 1.54) is 23.8 Å². The number of nitrogens with one attached hydrogen (secondary N) is 2. The van der Waals surface area contributed by atoms with Crippen LogP contribution in [0.3, 0.4) is 0 Å². The molecule has 0 saturated carbocycles. The lowest BCUT2D eigenvalue weighted by Crippen LogP contribution is -2.20. The van der Waals surface area contributed by atoms with Gasteiger partial charge < -0.3 is 15.4 Å². The van der Waals surface area contributed by atoms with E-state index in [0.29, 0.717) is 35.1 Å². The average molecular weight is 487 g/mol. The molecular formula is C24H27FN4O2S2. The molecule has 2 N–H and O–H groups in total. The van der Waals surface area contributed by atoms with Gasteiger partial charge >= 0.3 is 5.97 Å². The second kappa shape index (κ2) is 10.9. The van der Waals surface area contributed by atoms with Gasteiger partial charge in [-0.25, -0.2) is 9.18 Å². The molecule has 0 radical (unpaired) electrons. The summed E-state index contributed by atoms with van der Waals surface area (Å²) in [5.74, 6) is -0.571. The summed E-state index contributed by atoms with van der Waals surface area (Å²) in [6.07, 6.45) is 9.83. The molecule has 3 aromatic rings. The number of aromatic nitrogens is 2. The summed E-state index contributed by atoms with van der Waals surface area (Å²) in [7, 11) is 0. The lowest BCUT2D eigenvalue weighted by atomic mass is 9.96. The third-order valence-electron chi connectivity index (χ3n) is 5.56. The maximum atomic E-state index is 13.9. The van der Waals surface area contributed by atoms with E-state index < -0.39 is 0 Å². The summed E-state index contributed by atoms with van der Waals surface area (Å²) in [5, 5.41) is 11.7. The molecule has 1 aliphatic carbocycles. The molecule has 2 aromatic heterocycles. The number of halogens is 1. The molecule has 0 aliphatic heterocycles. The van der Waals surface area contributed by atoms with E-state index >= 15 is 0 Å². The van der Waals surface area contributed by atoms with Gasteiger partial charge in [-0.3, -0.25) is 4.68 Å². The minimum atomic E-state index is -0.307. The summed E-state index contributed by atoms with van der Waals surface area (Å²) in [4.78, 5) is 14.0. The summed E-state index contributed by atoms with van der Waals surface area (Å²) in [6.45, 7) is 2.46. The van der Waals surface area contributed by atoms with Gasteiger partial charge in [0.1, 0.15) is 10.8 Å². The number of aryl methyl sites for hydroxylation is 1. The van der Waals surface area contributed by atoms with E-state index in [0.717, 1.165) is 36.2 Å². The summed E-state index contributed by atoms with van der Waals surface area (Å²) < 4.78 is 20.9. The second-order valence-corrected chi connectivity index (χ2v) is 9.45. The maximum Gasteiger partial charge on any atom is 0.341 e. The minimum absolute atomic E-state index is 0.264. The molecule has 33 heavy (non-hydrogen) atoms. The van der Waals surface area contributed by atoms with E-state index in [9.17, 15) is 9.18 Å². The number of nitrogens with zero attached hydrogens (tertiary/aromatic N) is 2. The largest absolute Gasteiger partial charge is 0.462 e. The van der Waals surface area contributed by atoms with Crippen molar-refractivity contribution < 1.29 is 13.9 Å². The van der Waals surface area contributed by atoms with Crippen LogP contribution < -0.4 is 10.6 Å². The fourth-order valence-corrected chi connectivity index (χ4v) is 5.57. The average Bonchev–Trinajstić information content (AvgIpc) is 3.33. The Kier molecular flexibility index (Phi) is 7.72. The zero-order valence-electron chi connectivity index (χ0n) is 18.5. The van der Waals surface area contributed by atoms with Crippen LogP contribution in [0.1, 0.15) is 59.0 Å². The highest BCUT2D eigenvalue weighted by molar-refractivity contribution is 7.80. The topological polar surface area (TPSA) is 68.2 Å². The Balaban J connectivity index is 1.48. The first-order chi connectivity index (χ1) is 16.0. The van der Waals surface area contributed by atoms with Crippen LogP contribution in [0.4, 0.5) is 15.1 Å². The number of benzene rings is 1. The first kappa shape index (κ1) is 23.4. The van der Waals surface area contributed by atoms with Crippen molar-refractivity contribution >= 4 is 45.3 Å². The number of thiocarbonyl (C=S) groups is 1. The van der Waals surface area contributed by atoms with Crippen molar-refractivity contribution in [1.82, 2.24) is 9.78 Å². The molecule has 1 aliphatic rings. The number of esters is 1. The van der Waals surface area contributed by atoms with Crippen LogP contribution in [0.15, 0.2) is 36.7 Å². The molecule has 0 unspecified atom stereocenters. The van der Waals surface area contributed by atoms with Crippen molar-refractivity contribution in [2.75, 3.05) is 17.2 Å². The Morgan fingerprint density at radius 2 is 2.00 bits per heavy atom. The van der Waals surface area contributed by atoms with Crippen molar-refractivity contribution in [3.05, 3.63) is 64.0 Å². The molecule has 4 rings (SSSR count). The first-order valence-corrected chi connectivity index (χ1v) is 12.4. The Morgan fingerprint density at radius 1 is 1.21 bits per heavy atom. The highest BCUT2D eigenvalue weighted by Crippen LogP contribution is 2.37. The van der Waals surface area contributed by atoms with Crippen LogP contribution in [0.2, 0.25) is 0 Å². The van der Waals surface area contributed by atoms with Crippen molar-refractivity contribution in [2.24, 2.45) is 0 Å². The molecular weight excluding hydrogens is 459 g/mol. The number of hydrogen-bond donors (Lipinski definition) is 2. The number of thiophene rings is 1. The predicted octanol–water partition coefficient (Wildman–Crippen LogP) is 5.78. The highest BCUT2D eigenvalue weighted by atomic mass is 32.1. The molecule has 1 aromatic carbocycles. The van der Waals surface area contributed by atoms with Gasteiger partial charge in [0.25, 0.3) is 0 Å². The summed E-state index contributed by atoms with van der Waals surface area (Å²) in [6, 6.07) is 6.63. The number of hydrogen-bond acceptors (Lipinski definition) is 5. The number of carbonyl (C=O) groups excluding carboxylic acids is 1. The number of fused-ring (bicyclic) bond motifs is 1. The molecule has 6 nitrogen and oxygen atoms in total. The molecule has 9 heteroatoms. The van der Waals surface area contributed by atoms with Gasteiger partial charge in [-0.1, -0.05) is 31.0 Å². The summed E-state index contributed by atoms with van der Waals surface area (Å²) >= 11 is 7.10. The molecule has 2 heterocycles. The predicted molar refractivity (Wildman–Crippen MR) is 134 cm³/mol. The Hall–Kier alpha value is -2.78. The molecule has 0 saturated heterocycles. The maximum absolute atomic E-state index is 13.9. The van der Waals surface area contributed by atoms with E-state index in [-0.39, 0.29) is 11.8 Å². The fraction of sp³-hybridized carbons (Fsp3) is 0.375. The standard InChI is InChI=1S/C24H27FN4O2S2/c1-2-31-23(30)21-18-10-5-3-4-6-12-20(18)33-22(21)28-24(32)27-17-13-26-29(15-17)14-16-9-7-8-11-19(16)25/h7-9,11,13,15H,2-6,10,12,14H2,1H3,(H2,27,28,32). The van der Waals surface area contributed by atoms with Gasteiger partial charge in [0, 0.05) is 16.6 Å². The van der Waals surface area contributed by atoms with Gasteiger partial charge in [-0.2, -0.15) is 5.10 Å². The van der Waals surface area contributed by atoms with Crippen molar-refractivity contribution in [1.29, 1.82) is 0 Å². The van der Waals surface area contributed by atoms with E-state index in [4.69, 9.17) is 17.0 Å². The quantitative estimate of drug-likeness (QED) is 0.340. The van der Waals surface area contributed by atoms with E-state index in [2.05, 4.69) is 15.7 Å². The van der Waals surface area contributed by atoms with Gasteiger partial charge in [-0.15, -0.1) is 11.3 Å². The Labute approximate surface area is 202 Å². The number of rotatable bonds is 6. The smallest absolute Gasteiger partial charge is 0.341 e. The van der Waals surface area contributed by atoms with Gasteiger partial charge in [0.15, 0.2) is 5.11 Å². The third kappa shape index (κ3) is 5.78. The van der Waals surface area contributed by atoms with Crippen molar-refractivity contribution in [3.63, 3.8) is 0 Å². The van der Waals surface area contributed by atoms with E-state index in [1.54, 1.807) is 46.6 Å². The number of carbonyl (C=O) groups is 1. The van der Waals surface area contributed by atoms with E-state index in [1.807, 2.05) is 6.92 Å². The SMILES string of the molecule is CCOC(=O)c1c(NC(=S)Nc2cnn(Cc3ccccc3F)c2)sc2c1CCCCCC2. The number of anilines is 2. The zero-order chi connectivity index (χ0) is 23.2. The first-order valence-electron chi connectivity index (χ1n) is 11.2. The normalized spacial score (nSPS) is 13.5. The summed E-state index contributed by atoms with van der Waals surface area (Å²) in [5.41, 5.74) is 2.94. The lowest BCUT2D eigenvalue weighted by Gasteiger charge is -2.12. The highest BCUT2D eigenvalue weighted by Gasteiger charge is 2.25. The Morgan fingerprint density at radius 3 is 2.79 bits per heavy atom. The lowest BCUT2D eigenvalue weighted by molar-refractivity contribution is 0.0526. The van der Waals surface area contributed by atoms with Crippen LogP contribution in [0.5, 0.6) is 0 Å². The second-order valence-electron chi connectivity index (χ2n) is 7.94.